The molecule has 20 heavy (non-hydrogen) atoms. The summed E-state index contributed by atoms with van der Waals surface area (Å²) in [4.78, 5) is 12.0. The Kier molecular flexibility index (Phi) is 4.40. The third kappa shape index (κ3) is 3.16. The van der Waals surface area contributed by atoms with Crippen LogP contribution in [0.2, 0.25) is 0 Å². The van der Waals surface area contributed by atoms with Gasteiger partial charge in [-0.25, -0.2) is 12.7 Å². The average molecular weight is 293 g/mol. The van der Waals surface area contributed by atoms with E-state index in [0.717, 1.165) is 24.0 Å². The Morgan fingerprint density at radius 2 is 1.85 bits per heavy atom. The van der Waals surface area contributed by atoms with Crippen molar-refractivity contribution in [1.29, 1.82) is 0 Å². The zero-order chi connectivity index (χ0) is 14.8. The molecule has 0 spiro atoms. The van der Waals surface area contributed by atoms with E-state index in [4.69, 9.17) is 0 Å². The quantitative estimate of drug-likeness (QED) is 0.808. The summed E-state index contributed by atoms with van der Waals surface area (Å²) in [5.74, 6) is 0.0576. The maximum atomic E-state index is 12.3. The third-order valence-electron chi connectivity index (χ3n) is 3.55. The summed E-state index contributed by atoms with van der Waals surface area (Å²) >= 11 is 0. The lowest BCUT2D eigenvalue weighted by Crippen LogP contribution is -2.29. The smallest absolute Gasteiger partial charge is 0.242 e. The van der Waals surface area contributed by atoms with Crippen molar-refractivity contribution in [2.75, 3.05) is 13.6 Å². The van der Waals surface area contributed by atoms with Crippen LogP contribution in [0.5, 0.6) is 0 Å². The van der Waals surface area contributed by atoms with Gasteiger partial charge in [0.25, 0.3) is 0 Å². The predicted octanol–water partition coefficient (Wildman–Crippen LogP) is 2.29. The van der Waals surface area contributed by atoms with Gasteiger partial charge in [0, 0.05) is 20.0 Å². The molecule has 0 atom stereocenters. The fourth-order valence-corrected chi connectivity index (χ4v) is 3.14. The van der Waals surface area contributed by atoms with Gasteiger partial charge in [0.05, 0.1) is 4.90 Å². The summed E-state index contributed by atoms with van der Waals surface area (Å²) in [5, 5.41) is 0. The molecule has 1 aliphatic carbocycles. The van der Waals surface area contributed by atoms with Crippen LogP contribution in [-0.2, 0) is 14.8 Å². The molecular formula is C15H19NO3S. The maximum Gasteiger partial charge on any atom is 0.242 e. The van der Waals surface area contributed by atoms with Crippen molar-refractivity contribution >= 4 is 15.8 Å². The molecule has 4 nitrogen and oxygen atoms in total. The van der Waals surface area contributed by atoms with Crippen LogP contribution in [0, 0.1) is 6.92 Å². The van der Waals surface area contributed by atoms with Gasteiger partial charge in [0.2, 0.25) is 10.0 Å². The van der Waals surface area contributed by atoms with Gasteiger partial charge < -0.3 is 0 Å². The van der Waals surface area contributed by atoms with Crippen molar-refractivity contribution in [3.05, 3.63) is 41.5 Å². The average Bonchev–Trinajstić information content (AvgIpc) is 2.34. The van der Waals surface area contributed by atoms with Crippen molar-refractivity contribution in [2.45, 2.75) is 31.1 Å². The van der Waals surface area contributed by atoms with E-state index in [1.54, 1.807) is 24.3 Å². The number of nitrogens with zero attached hydrogens (tertiary/aromatic N) is 1. The second-order valence-corrected chi connectivity index (χ2v) is 7.13. The van der Waals surface area contributed by atoms with Gasteiger partial charge in [-0.15, -0.1) is 0 Å². The van der Waals surface area contributed by atoms with Crippen LogP contribution in [0.1, 0.15) is 24.8 Å². The number of hydrogen-bond donors (Lipinski definition) is 0. The Bertz CT molecular complexity index is 630. The highest BCUT2D eigenvalue weighted by Crippen LogP contribution is 2.21. The fourth-order valence-electron chi connectivity index (χ4n) is 1.97. The summed E-state index contributed by atoms with van der Waals surface area (Å²) in [7, 11) is -1.99. The van der Waals surface area contributed by atoms with Gasteiger partial charge in [-0.05, 0) is 37.5 Å². The number of allylic oxidation sites excluding steroid dienone is 2. The van der Waals surface area contributed by atoms with Crippen molar-refractivity contribution in [1.82, 2.24) is 4.31 Å². The molecule has 0 amide bonds. The fraction of sp³-hybridized carbons (Fsp3) is 0.400. The third-order valence-corrected chi connectivity index (χ3v) is 5.42. The molecule has 0 radical (unpaired) electrons. The molecule has 1 aliphatic rings. The van der Waals surface area contributed by atoms with Crippen LogP contribution < -0.4 is 0 Å². The first kappa shape index (κ1) is 14.9. The molecule has 0 heterocycles. The molecule has 0 unspecified atom stereocenters. The topological polar surface area (TPSA) is 54.5 Å². The van der Waals surface area contributed by atoms with Crippen LogP contribution >= 0.6 is 0 Å². The van der Waals surface area contributed by atoms with Crippen LogP contribution in [0.25, 0.3) is 0 Å². The van der Waals surface area contributed by atoms with Crippen LogP contribution in [0.4, 0.5) is 0 Å². The number of benzene rings is 1. The Morgan fingerprint density at radius 1 is 1.25 bits per heavy atom. The Hall–Kier alpha value is -1.46. The Labute approximate surface area is 120 Å². The minimum atomic E-state index is -3.50. The largest absolute Gasteiger partial charge is 0.295 e. The second-order valence-electron chi connectivity index (χ2n) is 5.08. The molecule has 0 aromatic heterocycles. The van der Waals surface area contributed by atoms with E-state index in [2.05, 4.69) is 0 Å². The van der Waals surface area contributed by atoms with E-state index in [-0.39, 0.29) is 23.6 Å². The van der Waals surface area contributed by atoms with Crippen LogP contribution in [0.15, 0.2) is 40.8 Å². The lowest BCUT2D eigenvalue weighted by atomic mass is 9.94. The number of aryl methyl sites for hydroxylation is 1. The van der Waals surface area contributed by atoms with Crippen molar-refractivity contribution in [3.8, 4) is 0 Å². The first-order valence-electron chi connectivity index (χ1n) is 6.66. The molecule has 0 bridgehead atoms. The van der Waals surface area contributed by atoms with Gasteiger partial charge in [0.1, 0.15) is 0 Å². The number of hydrogen-bond acceptors (Lipinski definition) is 3. The Morgan fingerprint density at radius 3 is 2.35 bits per heavy atom. The number of sulfonamides is 1. The van der Waals surface area contributed by atoms with Crippen molar-refractivity contribution in [2.24, 2.45) is 0 Å². The highest BCUT2D eigenvalue weighted by molar-refractivity contribution is 7.89. The molecule has 0 fully saturated rings. The molecule has 0 saturated heterocycles. The minimum absolute atomic E-state index is 0.0576. The highest BCUT2D eigenvalue weighted by Gasteiger charge is 2.22. The molecular weight excluding hydrogens is 274 g/mol. The Balaban J connectivity index is 2.01. The van der Waals surface area contributed by atoms with E-state index in [9.17, 15) is 13.2 Å². The van der Waals surface area contributed by atoms with Gasteiger partial charge in [-0.1, -0.05) is 23.8 Å². The maximum absolute atomic E-state index is 12.3. The molecule has 0 saturated carbocycles. The normalized spacial score (nSPS) is 14.8. The molecule has 108 valence electrons. The first-order valence-corrected chi connectivity index (χ1v) is 8.10. The highest BCUT2D eigenvalue weighted by atomic mass is 32.2. The van der Waals surface area contributed by atoms with Gasteiger partial charge in [-0.3, -0.25) is 4.79 Å². The van der Waals surface area contributed by atoms with E-state index in [1.165, 1.54) is 11.4 Å². The van der Waals surface area contributed by atoms with Crippen molar-refractivity contribution < 1.29 is 13.2 Å². The van der Waals surface area contributed by atoms with Crippen LogP contribution in [0.3, 0.4) is 0 Å². The summed E-state index contributed by atoms with van der Waals surface area (Å²) < 4.78 is 25.9. The predicted molar refractivity (Wildman–Crippen MR) is 77.9 cm³/mol. The van der Waals surface area contributed by atoms with Gasteiger partial charge in [-0.2, -0.15) is 0 Å². The summed E-state index contributed by atoms with van der Waals surface area (Å²) in [6.07, 6.45) is 3.94. The number of ketones is 1. The van der Waals surface area contributed by atoms with E-state index in [1.807, 2.05) is 13.0 Å². The van der Waals surface area contributed by atoms with Crippen LogP contribution in [-0.4, -0.2) is 32.1 Å². The number of carbonyl (C=O) groups excluding carboxylic acids is 1. The summed E-state index contributed by atoms with van der Waals surface area (Å²) in [6.45, 7) is 2.12. The number of Topliss-reactive ketones (excluding diaryl/α,β-unsaturated/α-hetero) is 1. The standard InChI is InChI=1S/C15H19NO3S/c1-12-6-8-14(9-7-12)20(18,19)16(2)11-10-15(17)13-4-3-5-13/h4,6-9H,3,5,10-11H2,1-2H3. The number of carbonyl (C=O) groups is 1. The lowest BCUT2D eigenvalue weighted by molar-refractivity contribution is -0.116. The van der Waals surface area contributed by atoms with Gasteiger partial charge in [0.15, 0.2) is 5.78 Å². The molecule has 5 heteroatoms. The zero-order valence-corrected chi connectivity index (χ0v) is 12.6. The molecule has 2 rings (SSSR count). The lowest BCUT2D eigenvalue weighted by Gasteiger charge is -2.18. The molecule has 0 N–H and O–H groups in total. The first-order chi connectivity index (χ1) is 9.41. The van der Waals surface area contributed by atoms with E-state index in [0.29, 0.717) is 0 Å². The van der Waals surface area contributed by atoms with E-state index >= 15 is 0 Å². The summed E-state index contributed by atoms with van der Waals surface area (Å²) in [6, 6.07) is 6.73. The van der Waals surface area contributed by atoms with Gasteiger partial charge >= 0.3 is 0 Å². The summed E-state index contributed by atoms with van der Waals surface area (Å²) in [5.41, 5.74) is 1.85. The minimum Gasteiger partial charge on any atom is -0.295 e. The SMILES string of the molecule is Cc1ccc(S(=O)(=O)N(C)CCC(=O)C2=CCC2)cc1. The molecule has 1 aromatic rings. The zero-order valence-electron chi connectivity index (χ0n) is 11.8. The number of rotatable bonds is 6. The molecule has 1 aromatic carbocycles. The van der Waals surface area contributed by atoms with E-state index < -0.39 is 10.0 Å². The van der Waals surface area contributed by atoms with Crippen molar-refractivity contribution in [3.63, 3.8) is 0 Å². The second kappa shape index (κ2) is 5.89. The monoisotopic (exact) mass is 293 g/mol. The molecule has 0 aliphatic heterocycles.